The topological polar surface area (TPSA) is 320 Å². The smallest absolute Gasteiger partial charge is 0.396 e. The normalized spacial score (nSPS) is 27.0. The molecule has 0 spiro atoms. The Hall–Kier alpha value is -3.40. The lowest BCUT2D eigenvalue weighted by molar-refractivity contribution is -0.0514. The fourth-order valence-corrected chi connectivity index (χ4v) is 6.59. The van der Waals surface area contributed by atoms with Gasteiger partial charge in [0, 0.05) is 25.4 Å². The molecule has 22 nitrogen and oxygen atoms in total. The van der Waals surface area contributed by atoms with Crippen LogP contribution >= 0.6 is 15.6 Å². The monoisotopic (exact) mass is 674 g/mol. The summed E-state index contributed by atoms with van der Waals surface area (Å²) in [5.41, 5.74) is 11.9. The summed E-state index contributed by atoms with van der Waals surface area (Å²) < 4.78 is 54.0. The number of ether oxygens (including phenoxy) is 2. The number of H-pyrrole nitrogens is 1. The van der Waals surface area contributed by atoms with Gasteiger partial charge in [-0.2, -0.15) is 0 Å². The zero-order valence-corrected chi connectivity index (χ0v) is 24.8. The van der Waals surface area contributed by atoms with Crippen molar-refractivity contribution in [2.24, 2.45) is 5.92 Å². The number of nitrogens with two attached hydrogens (primary N) is 2. The van der Waals surface area contributed by atoms with Gasteiger partial charge in [0.2, 0.25) is 0 Å². The van der Waals surface area contributed by atoms with Crippen molar-refractivity contribution in [2.45, 2.75) is 43.6 Å². The summed E-state index contributed by atoms with van der Waals surface area (Å²) in [5, 5.41) is 9.95. The Labute approximate surface area is 251 Å². The summed E-state index contributed by atoms with van der Waals surface area (Å²) >= 11 is 0. The Balaban J connectivity index is 1.16. The van der Waals surface area contributed by atoms with Crippen LogP contribution in [0.2, 0.25) is 0 Å². The van der Waals surface area contributed by atoms with E-state index < -0.39 is 71.2 Å². The molecule has 2 aliphatic heterocycles. The van der Waals surface area contributed by atoms with Crippen LogP contribution in [0.15, 0.2) is 23.8 Å². The van der Waals surface area contributed by atoms with Crippen LogP contribution in [0.3, 0.4) is 0 Å². The number of hydrogen-bond donors (Lipinski definition) is 7. The largest absolute Gasteiger partial charge is 0.472 e. The molecule has 0 saturated carbocycles. The third-order valence-corrected chi connectivity index (χ3v) is 8.87. The van der Waals surface area contributed by atoms with Crippen molar-refractivity contribution in [3.05, 3.63) is 29.5 Å². The lowest BCUT2D eigenvalue weighted by atomic mass is 10.0. The molecule has 7 atom stereocenters. The van der Waals surface area contributed by atoms with Gasteiger partial charge in [-0.3, -0.25) is 18.1 Å². The number of phosphoric acid groups is 2. The molecule has 0 aromatic carbocycles. The maximum atomic E-state index is 13.1. The molecule has 2 saturated heterocycles. The molecule has 6 rings (SSSR count). The number of nitrogens with one attached hydrogen (secondary N) is 1. The molecule has 244 valence electrons. The molecule has 0 radical (unpaired) electrons. The van der Waals surface area contributed by atoms with Crippen LogP contribution in [0, 0.1) is 5.92 Å². The summed E-state index contributed by atoms with van der Waals surface area (Å²) in [6.45, 7) is -1.59. The molecule has 9 N–H and O–H groups in total. The van der Waals surface area contributed by atoms with Crippen LogP contribution in [0.5, 0.6) is 0 Å². The van der Waals surface area contributed by atoms with E-state index in [1.807, 2.05) is 0 Å². The number of hydrogen-bond acceptors (Lipinski definition) is 16. The van der Waals surface area contributed by atoms with E-state index in [1.54, 1.807) is 4.57 Å². The molecule has 0 aliphatic carbocycles. The van der Waals surface area contributed by atoms with E-state index >= 15 is 0 Å². The molecule has 0 amide bonds. The first kappa shape index (κ1) is 31.6. The fraction of sp³-hybridized carbons (Fsp3) is 0.524. The molecule has 0 bridgehead atoms. The van der Waals surface area contributed by atoms with Crippen LogP contribution in [0.1, 0.15) is 25.3 Å². The van der Waals surface area contributed by atoms with Gasteiger partial charge in [0.15, 0.2) is 22.9 Å². The van der Waals surface area contributed by atoms with Gasteiger partial charge < -0.3 is 45.7 Å². The zero-order chi connectivity index (χ0) is 32.1. The lowest BCUT2D eigenvalue weighted by Crippen LogP contribution is -2.29. The third kappa shape index (κ3) is 6.48. The predicted molar refractivity (Wildman–Crippen MR) is 149 cm³/mol. The van der Waals surface area contributed by atoms with E-state index in [1.165, 1.54) is 12.7 Å². The number of aliphatic hydroxyl groups excluding tert-OH is 1. The standard InChI is InChI=1S/C21H28N10O12P2/c22-17-15-19(26-6-24-17)30(8-28-15)13-1-9(3-32)11(41-13)4-40-45(37,38)43-10-2-14(42-12(10)5-39-44(34,35)36)31-20-16(29-21(31)33)18(23)25-7-27-20/h6-14,32H,1-5H2,(H,29,33)(H,37,38)(H2,22,24,26)(H2,23,25,27)(H2,34,35,36)/t9?,10?,11-,12-,13-,14-/m1/s1. The summed E-state index contributed by atoms with van der Waals surface area (Å²) in [6, 6.07) is 0. The number of nitrogen functional groups attached to an aromatic ring is 2. The Kier molecular flexibility index (Phi) is 8.48. The van der Waals surface area contributed by atoms with Gasteiger partial charge in [0.05, 0.1) is 25.6 Å². The van der Waals surface area contributed by atoms with E-state index in [-0.39, 0.29) is 42.2 Å². The van der Waals surface area contributed by atoms with Crippen LogP contribution in [0.25, 0.3) is 22.3 Å². The fourth-order valence-electron chi connectivity index (χ4n) is 5.29. The minimum Gasteiger partial charge on any atom is -0.396 e. The summed E-state index contributed by atoms with van der Waals surface area (Å²) in [5.74, 6) is -0.367. The van der Waals surface area contributed by atoms with E-state index in [9.17, 15) is 33.7 Å². The Morgan fingerprint density at radius 1 is 0.933 bits per heavy atom. The molecule has 3 unspecified atom stereocenters. The molecular formula is C21H28N10O12P2. The van der Waals surface area contributed by atoms with Gasteiger partial charge in [-0.05, 0) is 0 Å². The average Bonchev–Trinajstić information content (AvgIpc) is 3.74. The number of anilines is 2. The van der Waals surface area contributed by atoms with Gasteiger partial charge in [-0.1, -0.05) is 0 Å². The number of imidazole rings is 2. The lowest BCUT2D eigenvalue weighted by Gasteiger charge is -2.23. The van der Waals surface area contributed by atoms with Gasteiger partial charge >= 0.3 is 21.3 Å². The van der Waals surface area contributed by atoms with Crippen LogP contribution in [-0.2, 0) is 32.2 Å². The van der Waals surface area contributed by atoms with Crippen LogP contribution in [0.4, 0.5) is 11.6 Å². The third-order valence-electron chi connectivity index (χ3n) is 7.38. The molecule has 24 heteroatoms. The van der Waals surface area contributed by atoms with Crippen molar-refractivity contribution in [2.75, 3.05) is 31.3 Å². The molecule has 2 aliphatic rings. The second-order valence-electron chi connectivity index (χ2n) is 10.2. The average molecular weight is 674 g/mol. The highest BCUT2D eigenvalue weighted by Crippen LogP contribution is 2.50. The summed E-state index contributed by atoms with van der Waals surface area (Å²) in [7, 11) is -9.90. The first-order valence-electron chi connectivity index (χ1n) is 13.2. The van der Waals surface area contributed by atoms with E-state index in [4.69, 9.17) is 30.0 Å². The number of aromatic nitrogens is 8. The van der Waals surface area contributed by atoms with Gasteiger partial charge in [-0.25, -0.2) is 43.4 Å². The van der Waals surface area contributed by atoms with Crippen molar-refractivity contribution < 1.29 is 52.0 Å². The Morgan fingerprint density at radius 3 is 2.36 bits per heavy atom. The number of phosphoric ester groups is 2. The number of fused-ring (bicyclic) bond motifs is 2. The van der Waals surface area contributed by atoms with Crippen molar-refractivity contribution in [1.29, 1.82) is 0 Å². The van der Waals surface area contributed by atoms with Crippen molar-refractivity contribution in [3.8, 4) is 0 Å². The molecule has 2 fully saturated rings. The van der Waals surface area contributed by atoms with Gasteiger partial charge in [0.1, 0.15) is 48.4 Å². The van der Waals surface area contributed by atoms with Crippen LogP contribution in [-0.4, -0.2) is 97.0 Å². The minimum absolute atomic E-state index is 0.0209. The van der Waals surface area contributed by atoms with Crippen molar-refractivity contribution >= 4 is 49.6 Å². The Bertz CT molecular complexity index is 1860. The van der Waals surface area contributed by atoms with E-state index in [0.717, 1.165) is 10.9 Å². The van der Waals surface area contributed by atoms with E-state index in [0.29, 0.717) is 11.2 Å². The zero-order valence-electron chi connectivity index (χ0n) is 23.0. The maximum Gasteiger partial charge on any atom is 0.472 e. The maximum absolute atomic E-state index is 13.1. The number of rotatable bonds is 11. The number of aliphatic hydroxyl groups is 1. The summed E-state index contributed by atoms with van der Waals surface area (Å²) in [6.07, 6.45) is -1.57. The van der Waals surface area contributed by atoms with Gasteiger partial charge in [0.25, 0.3) is 0 Å². The number of nitrogens with zero attached hydrogens (tertiary/aromatic N) is 7. The van der Waals surface area contributed by atoms with Gasteiger partial charge in [-0.15, -0.1) is 0 Å². The second-order valence-corrected chi connectivity index (χ2v) is 12.9. The van der Waals surface area contributed by atoms with E-state index in [2.05, 4.69) is 34.4 Å². The molecule has 45 heavy (non-hydrogen) atoms. The van der Waals surface area contributed by atoms with Crippen molar-refractivity contribution in [3.63, 3.8) is 0 Å². The quantitative estimate of drug-likeness (QED) is 0.0930. The first-order chi connectivity index (χ1) is 21.3. The highest BCUT2D eigenvalue weighted by atomic mass is 31.2. The molecule has 6 heterocycles. The molecular weight excluding hydrogens is 646 g/mol. The van der Waals surface area contributed by atoms with Crippen LogP contribution < -0.4 is 17.2 Å². The Morgan fingerprint density at radius 2 is 1.62 bits per heavy atom. The highest BCUT2D eigenvalue weighted by molar-refractivity contribution is 7.47. The molecule has 4 aromatic heterocycles. The predicted octanol–water partition coefficient (Wildman–Crippen LogP) is -1.08. The highest BCUT2D eigenvalue weighted by Gasteiger charge is 2.45. The summed E-state index contributed by atoms with van der Waals surface area (Å²) in [4.78, 5) is 64.4. The number of aromatic amines is 1. The van der Waals surface area contributed by atoms with Crippen molar-refractivity contribution in [1.82, 2.24) is 39.0 Å². The SMILES string of the molecule is Nc1ncnc2c1ncn2[C@H]1CC(CO)[C@@H](COP(=O)(O)OC2C[C@H](n3c(=O)[nH]c4c(N)ncnc43)O[C@@H]2COP(=O)(O)O)O1. The second kappa shape index (κ2) is 12.1. The first-order valence-corrected chi connectivity index (χ1v) is 16.3. The molecule has 4 aromatic rings. The minimum atomic E-state index is -4.99.